The highest BCUT2D eigenvalue weighted by Crippen LogP contribution is 2.11. The lowest BCUT2D eigenvalue weighted by molar-refractivity contribution is -0.118. The topological polar surface area (TPSA) is 102 Å². The van der Waals surface area contributed by atoms with Crippen LogP contribution in [0.25, 0.3) is 0 Å². The van der Waals surface area contributed by atoms with E-state index in [-0.39, 0.29) is 30.7 Å². The van der Waals surface area contributed by atoms with Gasteiger partial charge in [0.1, 0.15) is 16.4 Å². The van der Waals surface area contributed by atoms with Gasteiger partial charge in [-0.3, -0.25) is 4.79 Å². The summed E-state index contributed by atoms with van der Waals surface area (Å²) in [7, 11) is -3.11. The smallest absolute Gasteiger partial charge is 0.407 e. The summed E-state index contributed by atoms with van der Waals surface area (Å²) in [5.74, 6) is -0.306. The number of sulfone groups is 1. The van der Waals surface area contributed by atoms with Crippen LogP contribution in [0.15, 0.2) is 24.3 Å². The number of hydrogen-bond acceptors (Lipinski definition) is 5. The molecule has 0 radical (unpaired) electrons. The number of ether oxygens (including phenoxy) is 1. The van der Waals surface area contributed by atoms with Crippen molar-refractivity contribution < 1.29 is 22.7 Å². The summed E-state index contributed by atoms with van der Waals surface area (Å²) < 4.78 is 26.8. The van der Waals surface area contributed by atoms with Gasteiger partial charge in [0.2, 0.25) is 5.91 Å². The van der Waals surface area contributed by atoms with Gasteiger partial charge in [-0.05, 0) is 17.7 Å². The molecule has 2 N–H and O–H groups in total. The Morgan fingerprint density at radius 3 is 2.30 bits per heavy atom. The first-order chi connectivity index (χ1) is 10.7. The molecule has 0 fully saturated rings. The van der Waals surface area contributed by atoms with Crippen molar-refractivity contribution in [1.82, 2.24) is 5.32 Å². The molecule has 128 valence electrons. The number of nitrogens with one attached hydrogen (secondary N) is 2. The fraction of sp³-hybridized carbons (Fsp3) is 0.467. The maximum atomic E-state index is 11.6. The van der Waals surface area contributed by atoms with Gasteiger partial charge in [-0.2, -0.15) is 0 Å². The minimum absolute atomic E-state index is 0.0117. The second kappa shape index (κ2) is 8.52. The van der Waals surface area contributed by atoms with Gasteiger partial charge in [0, 0.05) is 24.4 Å². The highest BCUT2D eigenvalue weighted by atomic mass is 32.2. The molecule has 0 aliphatic heterocycles. The molecule has 0 aliphatic carbocycles. The third kappa shape index (κ3) is 8.20. The molecule has 23 heavy (non-hydrogen) atoms. The lowest BCUT2D eigenvalue weighted by Gasteiger charge is -2.09. The van der Waals surface area contributed by atoms with Crippen molar-refractivity contribution >= 4 is 27.5 Å². The molecule has 0 atom stereocenters. The van der Waals surface area contributed by atoms with E-state index < -0.39 is 15.9 Å². The molecule has 0 unspecified atom stereocenters. The van der Waals surface area contributed by atoms with Crippen LogP contribution in [0.2, 0.25) is 0 Å². The van der Waals surface area contributed by atoms with Crippen molar-refractivity contribution in [2.45, 2.75) is 20.5 Å². The predicted octanol–water partition coefficient (Wildman–Crippen LogP) is 1.55. The van der Waals surface area contributed by atoms with Crippen LogP contribution in [-0.2, 0) is 26.0 Å². The van der Waals surface area contributed by atoms with Gasteiger partial charge in [0.15, 0.2) is 0 Å². The largest absolute Gasteiger partial charge is 0.445 e. The quantitative estimate of drug-likeness (QED) is 0.783. The number of carbonyl (C=O) groups is 2. The average Bonchev–Trinajstić information content (AvgIpc) is 2.45. The van der Waals surface area contributed by atoms with Gasteiger partial charge in [-0.25, -0.2) is 13.2 Å². The van der Waals surface area contributed by atoms with Gasteiger partial charge in [0.05, 0.1) is 5.75 Å². The van der Waals surface area contributed by atoms with Crippen LogP contribution in [0.3, 0.4) is 0 Å². The van der Waals surface area contributed by atoms with Crippen LogP contribution in [0, 0.1) is 5.92 Å². The number of benzene rings is 1. The molecule has 1 rings (SSSR count). The number of rotatable bonds is 7. The Kier molecular flexibility index (Phi) is 7.02. The van der Waals surface area contributed by atoms with Crippen molar-refractivity contribution in [3.63, 3.8) is 0 Å². The minimum Gasteiger partial charge on any atom is -0.445 e. The molecule has 0 bridgehead atoms. The summed E-state index contributed by atoms with van der Waals surface area (Å²) in [6.45, 7) is 3.68. The van der Waals surface area contributed by atoms with Crippen molar-refractivity contribution in [3.8, 4) is 0 Å². The Balaban J connectivity index is 2.38. The Labute approximate surface area is 136 Å². The van der Waals surface area contributed by atoms with Crippen LogP contribution < -0.4 is 10.6 Å². The fourth-order valence-electron chi connectivity index (χ4n) is 1.51. The molecule has 0 spiro atoms. The monoisotopic (exact) mass is 342 g/mol. The van der Waals surface area contributed by atoms with E-state index in [0.717, 1.165) is 11.8 Å². The molecule has 1 aromatic carbocycles. The van der Waals surface area contributed by atoms with Gasteiger partial charge >= 0.3 is 6.09 Å². The summed E-state index contributed by atoms with van der Waals surface area (Å²) in [5, 5.41) is 5.12. The normalized spacial score (nSPS) is 11.1. The molecule has 0 saturated carbocycles. The Morgan fingerprint density at radius 2 is 1.78 bits per heavy atom. The number of hydrogen-bond donors (Lipinski definition) is 2. The van der Waals surface area contributed by atoms with E-state index >= 15 is 0 Å². The van der Waals surface area contributed by atoms with E-state index in [1.807, 2.05) is 0 Å². The van der Waals surface area contributed by atoms with Crippen molar-refractivity contribution in [1.29, 1.82) is 0 Å². The van der Waals surface area contributed by atoms with Gasteiger partial charge in [-0.15, -0.1) is 0 Å². The highest BCUT2D eigenvalue weighted by Gasteiger charge is 2.08. The first kappa shape index (κ1) is 19.0. The van der Waals surface area contributed by atoms with E-state index in [1.54, 1.807) is 38.1 Å². The Bertz CT molecular complexity index is 638. The first-order valence-electron chi connectivity index (χ1n) is 7.15. The van der Waals surface area contributed by atoms with E-state index in [1.165, 1.54) is 0 Å². The number of carbonyl (C=O) groups excluding carboxylic acids is 2. The van der Waals surface area contributed by atoms with E-state index in [9.17, 15) is 18.0 Å². The zero-order chi connectivity index (χ0) is 17.5. The Hall–Kier alpha value is -2.09. The fourth-order valence-corrected chi connectivity index (χ4v) is 1.98. The van der Waals surface area contributed by atoms with Gasteiger partial charge in [-0.1, -0.05) is 26.0 Å². The summed E-state index contributed by atoms with van der Waals surface area (Å²) in [6, 6.07) is 6.92. The third-order valence-electron chi connectivity index (χ3n) is 2.86. The zero-order valence-electron chi connectivity index (χ0n) is 13.5. The van der Waals surface area contributed by atoms with Crippen LogP contribution in [0.1, 0.15) is 19.4 Å². The number of anilines is 1. The number of alkyl carbamates (subject to hydrolysis) is 1. The van der Waals surface area contributed by atoms with Crippen LogP contribution in [0.4, 0.5) is 10.5 Å². The van der Waals surface area contributed by atoms with Crippen LogP contribution in [0.5, 0.6) is 0 Å². The summed E-state index contributed by atoms with van der Waals surface area (Å²) in [5.41, 5.74) is 1.43. The van der Waals surface area contributed by atoms with Crippen molar-refractivity contribution in [3.05, 3.63) is 29.8 Å². The Morgan fingerprint density at radius 1 is 1.17 bits per heavy atom. The third-order valence-corrected chi connectivity index (χ3v) is 3.80. The van der Waals surface area contributed by atoms with Crippen molar-refractivity contribution in [2.75, 3.05) is 23.9 Å². The summed E-state index contributed by atoms with van der Waals surface area (Å²) in [4.78, 5) is 23.0. The van der Waals surface area contributed by atoms with Crippen LogP contribution in [-0.4, -0.2) is 39.0 Å². The predicted molar refractivity (Wildman–Crippen MR) is 87.8 cm³/mol. The lowest BCUT2D eigenvalue weighted by atomic mass is 10.2. The maximum absolute atomic E-state index is 11.6. The molecule has 1 aromatic rings. The van der Waals surface area contributed by atoms with E-state index in [4.69, 9.17) is 4.74 Å². The molecule has 8 heteroatoms. The number of amides is 2. The molecule has 0 aliphatic rings. The SMILES string of the molecule is CC(C)C(=O)Nc1ccc(COC(=O)NCCS(C)(=O)=O)cc1. The second-order valence-corrected chi connectivity index (χ2v) is 7.73. The second-order valence-electron chi connectivity index (χ2n) is 5.47. The minimum atomic E-state index is -3.11. The van der Waals surface area contributed by atoms with E-state index in [2.05, 4.69) is 10.6 Å². The molecule has 7 nitrogen and oxygen atoms in total. The van der Waals surface area contributed by atoms with Crippen LogP contribution >= 0.6 is 0 Å². The lowest BCUT2D eigenvalue weighted by Crippen LogP contribution is -2.29. The van der Waals surface area contributed by atoms with Crippen molar-refractivity contribution in [2.24, 2.45) is 5.92 Å². The molecule has 0 aromatic heterocycles. The highest BCUT2D eigenvalue weighted by molar-refractivity contribution is 7.90. The molecule has 0 heterocycles. The standard InChI is InChI=1S/C15H22N2O5S/c1-11(2)14(18)17-13-6-4-12(5-7-13)10-22-15(19)16-8-9-23(3,20)21/h4-7,11H,8-10H2,1-3H3,(H,16,19)(H,17,18). The summed E-state index contributed by atoms with van der Waals surface area (Å²) >= 11 is 0. The first-order valence-corrected chi connectivity index (χ1v) is 9.21. The molecule has 0 saturated heterocycles. The maximum Gasteiger partial charge on any atom is 0.407 e. The molecule has 2 amide bonds. The molecular formula is C15H22N2O5S. The van der Waals surface area contributed by atoms with Gasteiger partial charge in [0.25, 0.3) is 0 Å². The zero-order valence-corrected chi connectivity index (χ0v) is 14.3. The van der Waals surface area contributed by atoms with E-state index in [0.29, 0.717) is 5.69 Å². The summed E-state index contributed by atoms with van der Waals surface area (Å²) in [6.07, 6.45) is 0.422. The average molecular weight is 342 g/mol. The molecular weight excluding hydrogens is 320 g/mol. The van der Waals surface area contributed by atoms with Gasteiger partial charge < -0.3 is 15.4 Å².